The molecule has 0 aromatic heterocycles. The number of aromatic hydroxyl groups is 1. The second kappa shape index (κ2) is 12.6. The van der Waals surface area contributed by atoms with E-state index in [4.69, 9.17) is 14.5 Å². The Hall–Kier alpha value is -2.43. The van der Waals surface area contributed by atoms with Crippen molar-refractivity contribution in [3.8, 4) is 17.2 Å². The van der Waals surface area contributed by atoms with E-state index in [1.807, 2.05) is 13.0 Å². The molecule has 3 N–H and O–H groups in total. The number of hydrogen-bond donors (Lipinski definition) is 3. The van der Waals surface area contributed by atoms with E-state index in [0.717, 1.165) is 43.7 Å². The van der Waals surface area contributed by atoms with Gasteiger partial charge in [0.1, 0.15) is 5.82 Å². The smallest absolute Gasteiger partial charge is 0.200 e. The maximum absolute atomic E-state index is 13.6. The lowest BCUT2D eigenvalue weighted by Gasteiger charge is -2.35. The van der Waals surface area contributed by atoms with Crippen LogP contribution in [0.2, 0.25) is 0 Å². The third-order valence-electron chi connectivity index (χ3n) is 5.24. The van der Waals surface area contributed by atoms with E-state index in [1.165, 1.54) is 20.3 Å². The molecule has 1 atom stereocenters. The number of phenolic OH excluding ortho intramolecular Hbond substituents is 1. The van der Waals surface area contributed by atoms with Crippen molar-refractivity contribution >= 4 is 35.6 Å². The minimum atomic E-state index is -0.220. The van der Waals surface area contributed by atoms with Crippen molar-refractivity contribution in [2.45, 2.75) is 32.4 Å². The SMILES string of the molecule is CCNC(=NCc1cc(OC)c(O)c(OC)c1)NC1CCCN(c2cccc(F)c2)C1.I. The number of piperidine rings is 1. The van der Waals surface area contributed by atoms with Gasteiger partial charge in [0.25, 0.3) is 0 Å². The highest BCUT2D eigenvalue weighted by atomic mass is 127. The van der Waals surface area contributed by atoms with Crippen LogP contribution in [0.15, 0.2) is 41.4 Å². The zero-order chi connectivity index (χ0) is 22.2. The highest BCUT2D eigenvalue weighted by Crippen LogP contribution is 2.37. The van der Waals surface area contributed by atoms with Gasteiger partial charge in [0.05, 0.1) is 20.8 Å². The number of nitrogens with zero attached hydrogens (tertiary/aromatic N) is 2. The van der Waals surface area contributed by atoms with E-state index in [2.05, 4.69) is 15.5 Å². The number of methoxy groups -OCH3 is 2. The third-order valence-corrected chi connectivity index (χ3v) is 5.24. The van der Waals surface area contributed by atoms with Crippen LogP contribution in [-0.2, 0) is 6.54 Å². The molecule has 3 rings (SSSR count). The molecule has 1 fully saturated rings. The summed E-state index contributed by atoms with van der Waals surface area (Å²) in [6.07, 6.45) is 2.02. The van der Waals surface area contributed by atoms with Gasteiger partial charge >= 0.3 is 0 Å². The second-order valence-corrected chi connectivity index (χ2v) is 7.45. The van der Waals surface area contributed by atoms with Crippen molar-refractivity contribution in [1.82, 2.24) is 10.6 Å². The molecule has 1 heterocycles. The Kier molecular flexibility index (Phi) is 10.1. The van der Waals surface area contributed by atoms with Crippen LogP contribution in [0.3, 0.4) is 0 Å². The predicted molar refractivity (Wildman–Crippen MR) is 136 cm³/mol. The first-order valence-corrected chi connectivity index (χ1v) is 10.5. The number of ether oxygens (including phenoxy) is 2. The van der Waals surface area contributed by atoms with Gasteiger partial charge in [0.2, 0.25) is 5.75 Å². The van der Waals surface area contributed by atoms with Crippen molar-refractivity contribution in [2.75, 3.05) is 38.8 Å². The van der Waals surface area contributed by atoms with Gasteiger partial charge in [-0.15, -0.1) is 24.0 Å². The number of hydrogen-bond acceptors (Lipinski definition) is 5. The number of phenols is 1. The number of guanidine groups is 1. The highest BCUT2D eigenvalue weighted by Gasteiger charge is 2.21. The Labute approximate surface area is 206 Å². The summed E-state index contributed by atoms with van der Waals surface area (Å²) in [6, 6.07) is 10.4. The molecule has 1 aliphatic rings. The van der Waals surface area contributed by atoms with Gasteiger partial charge in [-0.2, -0.15) is 0 Å². The summed E-state index contributed by atoms with van der Waals surface area (Å²) in [5.41, 5.74) is 1.76. The fourth-order valence-electron chi connectivity index (χ4n) is 3.73. The largest absolute Gasteiger partial charge is 0.502 e. The number of nitrogens with one attached hydrogen (secondary N) is 2. The molecule has 0 bridgehead atoms. The van der Waals surface area contributed by atoms with Crippen LogP contribution in [0, 0.1) is 5.82 Å². The molecule has 0 spiro atoms. The molecule has 0 radical (unpaired) electrons. The number of aliphatic imine (C=N–C) groups is 1. The van der Waals surface area contributed by atoms with Crippen molar-refractivity contribution < 1.29 is 19.0 Å². The molecule has 32 heavy (non-hydrogen) atoms. The fourth-order valence-corrected chi connectivity index (χ4v) is 3.73. The molecule has 2 aromatic rings. The topological polar surface area (TPSA) is 78.4 Å². The number of anilines is 1. The predicted octanol–water partition coefficient (Wildman–Crippen LogP) is 3.89. The molecule has 0 saturated carbocycles. The maximum atomic E-state index is 13.6. The summed E-state index contributed by atoms with van der Waals surface area (Å²) in [4.78, 5) is 6.89. The quantitative estimate of drug-likeness (QED) is 0.272. The minimum Gasteiger partial charge on any atom is -0.502 e. The Morgan fingerprint density at radius 3 is 2.56 bits per heavy atom. The summed E-state index contributed by atoms with van der Waals surface area (Å²) in [5.74, 6) is 1.16. The Balaban J connectivity index is 0.00000363. The number of benzene rings is 2. The van der Waals surface area contributed by atoms with E-state index in [-0.39, 0.29) is 41.6 Å². The van der Waals surface area contributed by atoms with E-state index < -0.39 is 0 Å². The monoisotopic (exact) mass is 558 g/mol. The molecule has 176 valence electrons. The lowest BCUT2D eigenvalue weighted by atomic mass is 10.0. The summed E-state index contributed by atoms with van der Waals surface area (Å²) in [7, 11) is 3.00. The molecule has 7 nitrogen and oxygen atoms in total. The van der Waals surface area contributed by atoms with Crippen molar-refractivity contribution in [3.63, 3.8) is 0 Å². The summed E-state index contributed by atoms with van der Waals surface area (Å²) in [5, 5.41) is 16.9. The first-order valence-electron chi connectivity index (χ1n) is 10.5. The molecular formula is C23H32FIN4O3. The maximum Gasteiger partial charge on any atom is 0.200 e. The molecule has 0 amide bonds. The van der Waals surface area contributed by atoms with Crippen molar-refractivity contribution in [2.24, 2.45) is 4.99 Å². The zero-order valence-corrected chi connectivity index (χ0v) is 21.1. The van der Waals surface area contributed by atoms with Crippen LogP contribution in [0.4, 0.5) is 10.1 Å². The van der Waals surface area contributed by atoms with Crippen LogP contribution < -0.4 is 25.0 Å². The second-order valence-electron chi connectivity index (χ2n) is 7.45. The Morgan fingerprint density at radius 1 is 1.22 bits per heavy atom. The van der Waals surface area contributed by atoms with Crippen LogP contribution in [0.25, 0.3) is 0 Å². The first-order chi connectivity index (χ1) is 15.0. The van der Waals surface area contributed by atoms with Crippen molar-refractivity contribution in [3.05, 3.63) is 47.8 Å². The average Bonchev–Trinajstić information content (AvgIpc) is 2.78. The van der Waals surface area contributed by atoms with Crippen molar-refractivity contribution in [1.29, 1.82) is 0 Å². The van der Waals surface area contributed by atoms with E-state index in [1.54, 1.807) is 24.3 Å². The highest BCUT2D eigenvalue weighted by molar-refractivity contribution is 14.0. The molecule has 0 aliphatic carbocycles. The van der Waals surface area contributed by atoms with Gasteiger partial charge in [0, 0.05) is 31.4 Å². The Bertz CT molecular complexity index is 888. The van der Waals surface area contributed by atoms with E-state index >= 15 is 0 Å². The molecule has 2 aromatic carbocycles. The van der Waals surface area contributed by atoms with Gasteiger partial charge in [-0.05, 0) is 55.7 Å². The van der Waals surface area contributed by atoms with Crippen LogP contribution in [0.1, 0.15) is 25.3 Å². The van der Waals surface area contributed by atoms with Gasteiger partial charge < -0.3 is 30.1 Å². The van der Waals surface area contributed by atoms with Crippen LogP contribution in [0.5, 0.6) is 17.2 Å². The number of halogens is 2. The molecule has 9 heteroatoms. The number of rotatable bonds is 7. The molecule has 1 aliphatic heterocycles. The minimum absolute atomic E-state index is 0. The standard InChI is InChI=1S/C23H31FN4O3.HI/c1-4-25-23(26-14-16-11-20(30-2)22(29)21(12-16)31-3)27-18-8-6-10-28(15-18)19-9-5-7-17(24)13-19;/h5,7,9,11-13,18,29H,4,6,8,10,14-15H2,1-3H3,(H2,25,26,27);1H. The zero-order valence-electron chi connectivity index (χ0n) is 18.7. The normalized spacial score (nSPS) is 16.2. The molecule has 1 unspecified atom stereocenters. The van der Waals surface area contributed by atoms with Gasteiger partial charge in [-0.1, -0.05) is 6.07 Å². The summed E-state index contributed by atoms with van der Waals surface area (Å²) in [6.45, 7) is 4.82. The van der Waals surface area contributed by atoms with E-state index in [0.29, 0.717) is 24.0 Å². The molecular weight excluding hydrogens is 526 g/mol. The summed E-state index contributed by atoms with van der Waals surface area (Å²) >= 11 is 0. The van der Waals surface area contributed by atoms with Gasteiger partial charge in [0.15, 0.2) is 17.5 Å². The summed E-state index contributed by atoms with van der Waals surface area (Å²) < 4.78 is 24.1. The van der Waals surface area contributed by atoms with Crippen LogP contribution in [-0.4, -0.2) is 51.0 Å². The lowest BCUT2D eigenvalue weighted by molar-refractivity contribution is 0.339. The van der Waals surface area contributed by atoms with Gasteiger partial charge in [-0.3, -0.25) is 0 Å². The van der Waals surface area contributed by atoms with Gasteiger partial charge in [-0.25, -0.2) is 9.38 Å². The average molecular weight is 558 g/mol. The first kappa shape index (κ1) is 25.8. The lowest BCUT2D eigenvalue weighted by Crippen LogP contribution is -2.51. The third kappa shape index (κ3) is 6.78. The Morgan fingerprint density at radius 2 is 1.94 bits per heavy atom. The van der Waals surface area contributed by atoms with Crippen LogP contribution >= 0.6 is 24.0 Å². The van der Waals surface area contributed by atoms with E-state index in [9.17, 15) is 9.50 Å². The fraction of sp³-hybridized carbons (Fsp3) is 0.435. The molecule has 1 saturated heterocycles.